The molecule has 3 N–H and O–H groups in total. The van der Waals surface area contributed by atoms with Gasteiger partial charge in [-0.05, 0) is 14.1 Å². The zero-order valence-corrected chi connectivity index (χ0v) is 11.4. The van der Waals surface area contributed by atoms with E-state index in [2.05, 4.69) is 39.6 Å². The minimum atomic E-state index is 0.189. The lowest BCUT2D eigenvalue weighted by molar-refractivity contribution is 0.0874. The van der Waals surface area contributed by atoms with Gasteiger partial charge < -0.3 is 4.90 Å². The highest BCUT2D eigenvalue weighted by molar-refractivity contribution is 5.00. The Balaban J connectivity index is 2.02. The van der Waals surface area contributed by atoms with E-state index < -0.39 is 0 Å². The van der Waals surface area contributed by atoms with Crippen LogP contribution in [0.1, 0.15) is 5.69 Å². The second-order valence-electron chi connectivity index (χ2n) is 5.17. The molecule has 1 aliphatic heterocycles. The lowest BCUT2D eigenvalue weighted by Gasteiger charge is -2.41. The molecule has 2 heterocycles. The van der Waals surface area contributed by atoms with Gasteiger partial charge in [0.15, 0.2) is 0 Å². The summed E-state index contributed by atoms with van der Waals surface area (Å²) in [5.74, 6) is 5.72. The van der Waals surface area contributed by atoms with Crippen molar-refractivity contribution in [3.8, 4) is 0 Å². The Hall–Kier alpha value is -1.02. The van der Waals surface area contributed by atoms with Gasteiger partial charge >= 0.3 is 0 Å². The van der Waals surface area contributed by atoms with Crippen LogP contribution in [0.2, 0.25) is 0 Å². The number of aromatic nitrogens is 3. The van der Waals surface area contributed by atoms with Crippen LogP contribution in [0.3, 0.4) is 0 Å². The van der Waals surface area contributed by atoms with Crippen LogP contribution >= 0.6 is 0 Å². The van der Waals surface area contributed by atoms with E-state index in [-0.39, 0.29) is 6.04 Å². The summed E-state index contributed by atoms with van der Waals surface area (Å²) >= 11 is 0. The second kappa shape index (κ2) is 5.75. The number of nitrogens with one attached hydrogen (secondary N) is 1. The summed E-state index contributed by atoms with van der Waals surface area (Å²) < 4.78 is 1.72. The van der Waals surface area contributed by atoms with E-state index in [1.807, 2.05) is 13.2 Å². The average Bonchev–Trinajstić information content (AvgIpc) is 2.75. The highest BCUT2D eigenvalue weighted by Crippen LogP contribution is 2.12. The zero-order valence-electron chi connectivity index (χ0n) is 11.4. The molecule has 0 aromatic carbocycles. The van der Waals surface area contributed by atoms with E-state index in [4.69, 9.17) is 5.84 Å². The molecule has 2 rings (SSSR count). The third kappa shape index (κ3) is 3.05. The predicted octanol–water partition coefficient (Wildman–Crippen LogP) is -1.56. The van der Waals surface area contributed by atoms with E-state index in [9.17, 15) is 0 Å². The highest BCUT2D eigenvalue weighted by atomic mass is 15.4. The number of nitrogens with two attached hydrogens (primary N) is 1. The number of likely N-dealkylation sites (N-methyl/N-ethyl adjacent to an activating group) is 2. The summed E-state index contributed by atoms with van der Waals surface area (Å²) in [6.45, 7) is 3.20. The van der Waals surface area contributed by atoms with Crippen molar-refractivity contribution in [2.75, 3.05) is 33.7 Å². The molecule has 1 aromatic rings. The second-order valence-corrected chi connectivity index (χ2v) is 5.17. The monoisotopic (exact) mass is 253 g/mol. The molecule has 2 atom stereocenters. The molecule has 1 fully saturated rings. The van der Waals surface area contributed by atoms with Crippen molar-refractivity contribution < 1.29 is 0 Å². The van der Waals surface area contributed by atoms with Gasteiger partial charge in [-0.25, -0.2) is 0 Å². The Kier molecular flexibility index (Phi) is 4.28. The number of piperazine rings is 1. The molecule has 1 aromatic heterocycles. The summed E-state index contributed by atoms with van der Waals surface area (Å²) in [4.78, 5) is 4.70. The van der Waals surface area contributed by atoms with Gasteiger partial charge in [-0.1, -0.05) is 5.21 Å². The predicted molar refractivity (Wildman–Crippen MR) is 69.7 cm³/mol. The van der Waals surface area contributed by atoms with Crippen molar-refractivity contribution in [2.45, 2.75) is 18.5 Å². The molecule has 0 amide bonds. The first-order valence-electron chi connectivity index (χ1n) is 6.30. The molecule has 2 unspecified atom stereocenters. The smallest absolute Gasteiger partial charge is 0.0843 e. The minimum absolute atomic E-state index is 0.189. The fourth-order valence-corrected chi connectivity index (χ4v) is 2.50. The Morgan fingerprint density at radius 2 is 2.22 bits per heavy atom. The fourth-order valence-electron chi connectivity index (χ4n) is 2.50. The maximum atomic E-state index is 5.72. The summed E-state index contributed by atoms with van der Waals surface area (Å²) in [7, 11) is 6.18. The molecule has 7 heteroatoms. The van der Waals surface area contributed by atoms with Crippen molar-refractivity contribution in [3.63, 3.8) is 0 Å². The van der Waals surface area contributed by atoms with Gasteiger partial charge in [0, 0.05) is 51.4 Å². The number of rotatable bonds is 4. The Morgan fingerprint density at radius 1 is 1.44 bits per heavy atom. The average molecular weight is 253 g/mol. The minimum Gasteiger partial charge on any atom is -0.303 e. The maximum Gasteiger partial charge on any atom is 0.0843 e. The lowest BCUT2D eigenvalue weighted by Crippen LogP contribution is -2.60. The van der Waals surface area contributed by atoms with Crippen molar-refractivity contribution in [1.29, 1.82) is 0 Å². The fraction of sp³-hybridized carbons (Fsp3) is 0.818. The standard InChI is InChI=1S/C11H23N7/c1-16-4-5-17(2)11(8-16)10(13-12)6-9-7-18(3)15-14-9/h7,10-11,13H,4-6,8,12H2,1-3H3. The van der Waals surface area contributed by atoms with Crippen LogP contribution in [0.4, 0.5) is 0 Å². The molecular weight excluding hydrogens is 230 g/mol. The normalized spacial score (nSPS) is 24.3. The summed E-state index contributed by atoms with van der Waals surface area (Å²) in [6, 6.07) is 0.588. The van der Waals surface area contributed by atoms with Crippen molar-refractivity contribution in [3.05, 3.63) is 11.9 Å². The topological polar surface area (TPSA) is 75.2 Å². The highest BCUT2D eigenvalue weighted by Gasteiger charge is 2.29. The van der Waals surface area contributed by atoms with Crippen LogP contribution in [0, 0.1) is 0 Å². The first kappa shape index (κ1) is 13.4. The molecule has 0 aliphatic carbocycles. The van der Waals surface area contributed by atoms with Crippen LogP contribution < -0.4 is 11.3 Å². The Labute approximate surface area is 108 Å². The molecule has 0 spiro atoms. The largest absolute Gasteiger partial charge is 0.303 e. The first-order chi connectivity index (χ1) is 8.60. The summed E-state index contributed by atoms with van der Waals surface area (Å²) in [6.07, 6.45) is 2.74. The molecule has 0 bridgehead atoms. The Morgan fingerprint density at radius 3 is 2.83 bits per heavy atom. The van der Waals surface area contributed by atoms with E-state index in [1.165, 1.54) is 0 Å². The van der Waals surface area contributed by atoms with Gasteiger partial charge in [-0.3, -0.25) is 20.9 Å². The molecular formula is C11H23N7. The third-order valence-corrected chi connectivity index (χ3v) is 3.66. The zero-order chi connectivity index (χ0) is 13.1. The number of aryl methyl sites for hydroxylation is 1. The van der Waals surface area contributed by atoms with Gasteiger partial charge in [0.1, 0.15) is 0 Å². The van der Waals surface area contributed by atoms with Crippen molar-refractivity contribution in [1.82, 2.24) is 30.2 Å². The number of hydrogen-bond acceptors (Lipinski definition) is 6. The SMILES string of the molecule is CN1CCN(C)C(C(Cc2cn(C)nn2)NN)C1. The molecule has 0 saturated carbocycles. The third-order valence-electron chi connectivity index (χ3n) is 3.66. The maximum absolute atomic E-state index is 5.72. The molecule has 1 aliphatic rings. The van der Waals surface area contributed by atoms with Crippen LogP contribution in [0.25, 0.3) is 0 Å². The van der Waals surface area contributed by atoms with Gasteiger partial charge in [-0.2, -0.15) is 0 Å². The van der Waals surface area contributed by atoms with E-state index >= 15 is 0 Å². The van der Waals surface area contributed by atoms with Gasteiger partial charge in [0.05, 0.1) is 5.69 Å². The number of hydrogen-bond donors (Lipinski definition) is 2. The molecule has 102 valence electrons. The van der Waals surface area contributed by atoms with Crippen molar-refractivity contribution in [2.24, 2.45) is 12.9 Å². The van der Waals surface area contributed by atoms with Crippen LogP contribution in [0.15, 0.2) is 6.20 Å². The first-order valence-corrected chi connectivity index (χ1v) is 6.30. The summed E-state index contributed by atoms with van der Waals surface area (Å²) in [5.41, 5.74) is 3.91. The number of nitrogens with zero attached hydrogens (tertiary/aromatic N) is 5. The lowest BCUT2D eigenvalue weighted by atomic mass is 10.0. The van der Waals surface area contributed by atoms with Gasteiger partial charge in [0.2, 0.25) is 0 Å². The van der Waals surface area contributed by atoms with E-state index in [0.717, 1.165) is 31.7 Å². The van der Waals surface area contributed by atoms with Crippen LogP contribution in [0.5, 0.6) is 0 Å². The van der Waals surface area contributed by atoms with E-state index in [0.29, 0.717) is 6.04 Å². The van der Waals surface area contributed by atoms with Gasteiger partial charge in [-0.15, -0.1) is 5.10 Å². The molecule has 18 heavy (non-hydrogen) atoms. The quantitative estimate of drug-likeness (QED) is 0.499. The van der Waals surface area contributed by atoms with Crippen LogP contribution in [-0.2, 0) is 13.5 Å². The van der Waals surface area contributed by atoms with Crippen molar-refractivity contribution >= 4 is 0 Å². The Bertz CT molecular complexity index is 377. The molecule has 7 nitrogen and oxygen atoms in total. The molecule has 1 saturated heterocycles. The van der Waals surface area contributed by atoms with E-state index in [1.54, 1.807) is 4.68 Å². The summed E-state index contributed by atoms with van der Waals surface area (Å²) in [5, 5.41) is 8.08. The number of hydrazine groups is 1. The van der Waals surface area contributed by atoms with Gasteiger partial charge in [0.25, 0.3) is 0 Å². The van der Waals surface area contributed by atoms with Crippen LogP contribution in [-0.4, -0.2) is 70.6 Å². The molecule has 0 radical (unpaired) electrons.